The molecule has 0 aliphatic heterocycles. The number of hydrogen-bond acceptors (Lipinski definition) is 13. The van der Waals surface area contributed by atoms with Crippen LogP contribution in [0, 0.1) is 0 Å². The van der Waals surface area contributed by atoms with Gasteiger partial charge in [0.15, 0.2) is 11.2 Å². The number of rotatable bonds is 10. The van der Waals surface area contributed by atoms with E-state index in [-0.39, 0.29) is 46.3 Å². The van der Waals surface area contributed by atoms with Gasteiger partial charge in [-0.25, -0.2) is 9.59 Å². The number of carbonyl (C=O) groups is 6. The predicted molar refractivity (Wildman–Crippen MR) is 82.0 cm³/mol. The van der Waals surface area contributed by atoms with Crippen LogP contribution in [0.2, 0.25) is 0 Å². The summed E-state index contributed by atoms with van der Waals surface area (Å²) in [6.45, 7) is 0. The van der Waals surface area contributed by atoms with Gasteiger partial charge in [-0.3, -0.25) is 22.8 Å². The molecule has 0 aliphatic carbocycles. The van der Waals surface area contributed by atoms with Crippen molar-refractivity contribution in [1.29, 1.82) is 0 Å². The number of aliphatic hydroxyl groups is 2. The molecule has 7 N–H and O–H groups in total. The monoisotopic (exact) mass is 561 g/mol. The third kappa shape index (κ3) is 26.2. The van der Waals surface area contributed by atoms with Crippen LogP contribution in [0.25, 0.3) is 0 Å². The van der Waals surface area contributed by atoms with E-state index in [1.807, 2.05) is 0 Å². The molecule has 0 saturated heterocycles. The summed E-state index contributed by atoms with van der Waals surface area (Å²) in [5.74, 6) is -10.4. The van der Waals surface area contributed by atoms with Crippen LogP contribution in [-0.2, 0) is 55.9 Å². The van der Waals surface area contributed by atoms with Crippen molar-refractivity contribution >= 4 is 46.2 Å². The fourth-order valence-electron chi connectivity index (χ4n) is 1.42. The first kappa shape index (κ1) is 41.4. The van der Waals surface area contributed by atoms with Crippen LogP contribution >= 0.6 is 0 Å². The van der Waals surface area contributed by atoms with Crippen LogP contribution in [-0.4, -0.2) is 100 Å². The molecule has 187 valence electrons. The Kier molecular flexibility index (Phi) is 22.0. The SMILES string of the molecule is O=C(O)CC(O)(CC(=O)O)C(=O)O.O=C([O-])CC(O)(CC(=O)O)C(=O)O.O=S(=O)([O-])[O-].[Co+2].[Na+]. The van der Waals surface area contributed by atoms with Gasteiger partial charge in [-0.2, -0.15) is 0 Å². The molecule has 21 heteroatoms. The largest absolute Gasteiger partial charge is 2.00 e. The Balaban J connectivity index is -0.000000125. The van der Waals surface area contributed by atoms with E-state index < -0.39 is 83.1 Å². The number of carboxylic acids is 6. The molecule has 0 fully saturated rings. The maximum atomic E-state index is 10.3. The molecule has 0 aromatic carbocycles. The Morgan fingerprint density at radius 2 is 0.818 bits per heavy atom. The molecule has 0 aliphatic rings. The molecule has 0 aromatic rings. The van der Waals surface area contributed by atoms with E-state index in [0.717, 1.165) is 0 Å². The predicted octanol–water partition coefficient (Wildman–Crippen LogP) is -8.17. The smallest absolute Gasteiger partial charge is 0.759 e. The molecular formula is C12H15CoNaO18S. The van der Waals surface area contributed by atoms with E-state index >= 15 is 0 Å². The summed E-state index contributed by atoms with van der Waals surface area (Å²) < 4.78 is 34.1. The van der Waals surface area contributed by atoms with E-state index in [2.05, 4.69) is 0 Å². The van der Waals surface area contributed by atoms with Gasteiger partial charge >= 0.3 is 76.2 Å². The molecule has 0 spiro atoms. The molecule has 0 heterocycles. The van der Waals surface area contributed by atoms with Crippen molar-refractivity contribution in [3.8, 4) is 0 Å². The van der Waals surface area contributed by atoms with Crippen LogP contribution < -0.4 is 34.7 Å². The normalized spacial score (nSPS) is 11.8. The van der Waals surface area contributed by atoms with Gasteiger partial charge in [0.05, 0.1) is 19.3 Å². The van der Waals surface area contributed by atoms with Crippen molar-refractivity contribution in [2.24, 2.45) is 0 Å². The Morgan fingerprint density at radius 1 is 0.636 bits per heavy atom. The molecule has 33 heavy (non-hydrogen) atoms. The fraction of sp³-hybridized carbons (Fsp3) is 0.500. The van der Waals surface area contributed by atoms with Gasteiger partial charge in [0.25, 0.3) is 0 Å². The van der Waals surface area contributed by atoms with Gasteiger partial charge in [0, 0.05) is 22.8 Å². The van der Waals surface area contributed by atoms with E-state index in [1.165, 1.54) is 0 Å². The Hall–Kier alpha value is -1.88. The first-order valence-electron chi connectivity index (χ1n) is 6.99. The van der Waals surface area contributed by atoms with Gasteiger partial charge < -0.3 is 54.8 Å². The molecular weight excluding hydrogens is 546 g/mol. The number of hydrogen-bond donors (Lipinski definition) is 7. The quantitative estimate of drug-likeness (QED) is 0.0739. The average molecular weight is 561 g/mol. The first-order valence-corrected chi connectivity index (χ1v) is 8.32. The zero-order valence-electron chi connectivity index (χ0n) is 16.2. The van der Waals surface area contributed by atoms with Crippen molar-refractivity contribution < 1.29 is 133 Å². The minimum Gasteiger partial charge on any atom is -0.759 e. The van der Waals surface area contributed by atoms with Gasteiger partial charge in [-0.1, -0.05) is 0 Å². The van der Waals surface area contributed by atoms with Crippen LogP contribution in [0.15, 0.2) is 0 Å². The summed E-state index contributed by atoms with van der Waals surface area (Å²) in [6.07, 6.45) is -4.73. The summed E-state index contributed by atoms with van der Waals surface area (Å²) in [5.41, 5.74) is -5.54. The van der Waals surface area contributed by atoms with Crippen molar-refractivity contribution in [3.05, 3.63) is 0 Å². The second-order valence-corrected chi connectivity index (χ2v) is 6.16. The zero-order valence-corrected chi connectivity index (χ0v) is 20.0. The molecule has 0 rings (SSSR count). The topological polar surface area (TPSA) is 347 Å². The molecule has 0 bridgehead atoms. The maximum Gasteiger partial charge on any atom is 2.00 e. The summed E-state index contributed by atoms with van der Waals surface area (Å²) in [5, 5.41) is 69.3. The van der Waals surface area contributed by atoms with Gasteiger partial charge in [-0.15, -0.1) is 0 Å². The second-order valence-electron chi connectivity index (χ2n) is 5.34. The molecule has 0 saturated carbocycles. The molecule has 0 amide bonds. The molecule has 1 atom stereocenters. The molecule has 1 radical (unpaired) electrons. The molecule has 18 nitrogen and oxygen atoms in total. The minimum absolute atomic E-state index is 0. The van der Waals surface area contributed by atoms with Crippen LogP contribution in [0.3, 0.4) is 0 Å². The second kappa shape index (κ2) is 17.6. The van der Waals surface area contributed by atoms with E-state index in [1.54, 1.807) is 0 Å². The minimum atomic E-state index is -5.17. The standard InChI is InChI=1S/2C6H8O7.Co.Na.H2O4S/c2*7-3(8)1-6(13,5(11)12)2-4(9)10;;;1-5(2,3)4/h2*13H,1-2H2,(H,7,8)(H,9,10)(H,11,12);;;(H2,1,2,3,4)/q;;+2;+1;/p-3. The molecule has 0 aromatic heterocycles. The maximum absolute atomic E-state index is 10.3. The van der Waals surface area contributed by atoms with Crippen molar-refractivity contribution in [3.63, 3.8) is 0 Å². The van der Waals surface area contributed by atoms with Crippen molar-refractivity contribution in [1.82, 2.24) is 0 Å². The van der Waals surface area contributed by atoms with E-state index in [9.17, 15) is 33.9 Å². The number of carbonyl (C=O) groups excluding carboxylic acids is 1. The number of aliphatic carboxylic acids is 6. The summed E-state index contributed by atoms with van der Waals surface area (Å²) in [7, 11) is -5.17. The third-order valence-corrected chi connectivity index (χ3v) is 2.56. The van der Waals surface area contributed by atoms with Gasteiger partial charge in [0.2, 0.25) is 0 Å². The number of carboxylic acid groups (broad SMARTS) is 6. The van der Waals surface area contributed by atoms with Crippen molar-refractivity contribution in [2.75, 3.05) is 0 Å². The summed E-state index contributed by atoms with van der Waals surface area (Å²) in [6, 6.07) is 0. The summed E-state index contributed by atoms with van der Waals surface area (Å²) in [4.78, 5) is 60.8. The van der Waals surface area contributed by atoms with Gasteiger partial charge in [-0.05, 0) is 0 Å². The van der Waals surface area contributed by atoms with Crippen LogP contribution in [0.4, 0.5) is 0 Å². The fourth-order valence-corrected chi connectivity index (χ4v) is 1.42. The zero-order chi connectivity index (χ0) is 25.8. The van der Waals surface area contributed by atoms with Crippen molar-refractivity contribution in [2.45, 2.75) is 36.9 Å². The first-order chi connectivity index (χ1) is 13.6. The third-order valence-electron chi connectivity index (χ3n) is 2.56. The van der Waals surface area contributed by atoms with Crippen LogP contribution in [0.5, 0.6) is 0 Å². The Labute approximate surface area is 215 Å². The molecule has 1 unspecified atom stereocenters. The van der Waals surface area contributed by atoms with Crippen LogP contribution in [0.1, 0.15) is 25.7 Å². The average Bonchev–Trinajstić information content (AvgIpc) is 2.41. The van der Waals surface area contributed by atoms with E-state index in [0.29, 0.717) is 0 Å². The van der Waals surface area contributed by atoms with Gasteiger partial charge in [0.1, 0.15) is 0 Å². The van der Waals surface area contributed by atoms with E-state index in [4.69, 9.17) is 53.3 Å². The summed E-state index contributed by atoms with van der Waals surface area (Å²) >= 11 is 0. The Bertz CT molecular complexity index is 715. The Morgan fingerprint density at radius 3 is 0.939 bits per heavy atom.